The van der Waals surface area contributed by atoms with Gasteiger partial charge in [-0.05, 0) is 43.4 Å². The zero-order valence-corrected chi connectivity index (χ0v) is 15.0. The number of benzene rings is 1. The Kier molecular flexibility index (Phi) is 5.56. The number of fused-ring (bicyclic) bond motifs is 1. The number of rotatable bonds is 5. The minimum atomic E-state index is -0.346. The lowest BCUT2D eigenvalue weighted by atomic mass is 9.97. The molecule has 4 nitrogen and oxygen atoms in total. The van der Waals surface area contributed by atoms with Gasteiger partial charge in [0.25, 0.3) is 0 Å². The molecule has 2 N–H and O–H groups in total. The SMILES string of the molecule is CSCC[C@H](N)C(=O)N1CCC(c2nc3ccccc3s2)CC1. The van der Waals surface area contributed by atoms with Crippen LogP contribution in [0.1, 0.15) is 30.2 Å². The maximum atomic E-state index is 12.4. The van der Waals surface area contributed by atoms with Crippen LogP contribution in [0.15, 0.2) is 24.3 Å². The molecular weight excluding hydrogens is 326 g/mol. The summed E-state index contributed by atoms with van der Waals surface area (Å²) >= 11 is 3.52. The van der Waals surface area contributed by atoms with Crippen LogP contribution in [0, 0.1) is 0 Å². The van der Waals surface area contributed by atoms with Crippen molar-refractivity contribution in [3.63, 3.8) is 0 Å². The summed E-state index contributed by atoms with van der Waals surface area (Å²) in [4.78, 5) is 19.1. The van der Waals surface area contributed by atoms with E-state index in [1.165, 1.54) is 9.71 Å². The second-order valence-electron chi connectivity index (χ2n) is 6.01. The van der Waals surface area contributed by atoms with E-state index in [1.54, 1.807) is 23.1 Å². The number of likely N-dealkylation sites (tertiary alicyclic amines) is 1. The third-order valence-electron chi connectivity index (χ3n) is 4.42. The van der Waals surface area contributed by atoms with E-state index in [0.29, 0.717) is 5.92 Å². The van der Waals surface area contributed by atoms with Crippen molar-refractivity contribution in [3.05, 3.63) is 29.3 Å². The molecule has 6 heteroatoms. The second kappa shape index (κ2) is 7.64. The quantitative estimate of drug-likeness (QED) is 0.901. The Morgan fingerprint density at radius 2 is 2.17 bits per heavy atom. The van der Waals surface area contributed by atoms with Gasteiger partial charge in [0.2, 0.25) is 5.91 Å². The molecule has 0 saturated carbocycles. The third-order valence-corrected chi connectivity index (χ3v) is 6.26. The number of nitrogens with two attached hydrogens (primary N) is 1. The maximum absolute atomic E-state index is 12.4. The Hall–Kier alpha value is -1.11. The Morgan fingerprint density at radius 1 is 1.43 bits per heavy atom. The highest BCUT2D eigenvalue weighted by Crippen LogP contribution is 2.33. The normalized spacial score (nSPS) is 17.6. The number of thiazole rings is 1. The van der Waals surface area contributed by atoms with Crippen LogP contribution in [0.5, 0.6) is 0 Å². The third kappa shape index (κ3) is 3.87. The Morgan fingerprint density at radius 3 is 2.87 bits per heavy atom. The fourth-order valence-electron chi connectivity index (χ4n) is 3.01. The van der Waals surface area contributed by atoms with E-state index in [9.17, 15) is 4.79 Å². The summed E-state index contributed by atoms with van der Waals surface area (Å²) in [5, 5.41) is 1.21. The zero-order valence-electron chi connectivity index (χ0n) is 13.4. The van der Waals surface area contributed by atoms with Crippen LogP contribution in [0.4, 0.5) is 0 Å². The summed E-state index contributed by atoms with van der Waals surface area (Å²) in [6, 6.07) is 7.94. The zero-order chi connectivity index (χ0) is 16.2. The molecule has 1 aliphatic heterocycles. The number of carbonyl (C=O) groups excluding carboxylic acids is 1. The van der Waals surface area contributed by atoms with Crippen LogP contribution in [-0.4, -0.2) is 46.9 Å². The van der Waals surface area contributed by atoms with Gasteiger partial charge in [-0.3, -0.25) is 4.79 Å². The maximum Gasteiger partial charge on any atom is 0.239 e. The van der Waals surface area contributed by atoms with Gasteiger partial charge in [0.05, 0.1) is 21.3 Å². The Labute approximate surface area is 145 Å². The minimum absolute atomic E-state index is 0.113. The molecule has 0 spiro atoms. The standard InChI is InChI=1S/C17H23N3OS2/c1-22-11-8-13(18)17(21)20-9-6-12(7-10-20)16-19-14-4-2-3-5-15(14)23-16/h2-5,12-13H,6-11,18H2,1H3/t13-/m0/s1. The van der Waals surface area contributed by atoms with Crippen LogP contribution >= 0.6 is 23.1 Å². The van der Waals surface area contributed by atoms with E-state index in [-0.39, 0.29) is 11.9 Å². The molecule has 0 unspecified atom stereocenters. The van der Waals surface area contributed by atoms with Gasteiger partial charge in [-0.2, -0.15) is 11.8 Å². The summed E-state index contributed by atoms with van der Waals surface area (Å²) in [6.45, 7) is 1.60. The highest BCUT2D eigenvalue weighted by Gasteiger charge is 2.28. The van der Waals surface area contributed by atoms with Crippen molar-refractivity contribution in [3.8, 4) is 0 Å². The van der Waals surface area contributed by atoms with E-state index in [4.69, 9.17) is 10.7 Å². The molecule has 1 atom stereocenters. The molecular formula is C17H23N3OS2. The highest BCUT2D eigenvalue weighted by atomic mass is 32.2. The summed E-state index contributed by atoms with van der Waals surface area (Å²) in [6.07, 6.45) is 4.78. The molecule has 1 saturated heterocycles. The van der Waals surface area contributed by atoms with Gasteiger partial charge in [0.1, 0.15) is 0 Å². The first-order valence-electron chi connectivity index (χ1n) is 8.08. The van der Waals surface area contributed by atoms with Crippen LogP contribution in [0.25, 0.3) is 10.2 Å². The molecule has 0 aliphatic carbocycles. The lowest BCUT2D eigenvalue weighted by Gasteiger charge is -2.32. The first-order valence-corrected chi connectivity index (χ1v) is 10.3. The molecule has 2 heterocycles. The van der Waals surface area contributed by atoms with E-state index >= 15 is 0 Å². The summed E-state index contributed by atoms with van der Waals surface area (Å²) in [7, 11) is 0. The minimum Gasteiger partial charge on any atom is -0.341 e. The Balaban J connectivity index is 1.58. The van der Waals surface area contributed by atoms with Gasteiger partial charge < -0.3 is 10.6 Å². The lowest BCUT2D eigenvalue weighted by Crippen LogP contribution is -2.47. The number of amides is 1. The van der Waals surface area contributed by atoms with Crippen molar-refractivity contribution in [2.45, 2.75) is 31.2 Å². The number of aromatic nitrogens is 1. The fraction of sp³-hybridized carbons (Fsp3) is 0.529. The van der Waals surface area contributed by atoms with Crippen molar-refractivity contribution in [2.75, 3.05) is 25.1 Å². The molecule has 1 aromatic heterocycles. The first-order chi connectivity index (χ1) is 11.2. The molecule has 0 radical (unpaired) electrons. The number of hydrogen-bond donors (Lipinski definition) is 1. The van der Waals surface area contributed by atoms with Crippen LogP contribution in [0.3, 0.4) is 0 Å². The van der Waals surface area contributed by atoms with E-state index in [2.05, 4.69) is 18.2 Å². The molecule has 1 fully saturated rings. The molecule has 124 valence electrons. The molecule has 1 amide bonds. The molecule has 0 bridgehead atoms. The van der Waals surface area contributed by atoms with Crippen LogP contribution < -0.4 is 5.73 Å². The number of thioether (sulfide) groups is 1. The number of hydrogen-bond acceptors (Lipinski definition) is 5. The predicted octanol–water partition coefficient (Wildman–Crippen LogP) is 3.08. The van der Waals surface area contributed by atoms with E-state index < -0.39 is 0 Å². The van der Waals surface area contributed by atoms with Crippen molar-refractivity contribution in [1.82, 2.24) is 9.88 Å². The van der Waals surface area contributed by atoms with Crippen LogP contribution in [0.2, 0.25) is 0 Å². The molecule has 1 aromatic carbocycles. The summed E-state index contributed by atoms with van der Waals surface area (Å²) < 4.78 is 1.25. The predicted molar refractivity (Wildman–Crippen MR) is 99.1 cm³/mol. The van der Waals surface area contributed by atoms with Crippen molar-refractivity contribution in [1.29, 1.82) is 0 Å². The van der Waals surface area contributed by atoms with Crippen molar-refractivity contribution >= 4 is 39.2 Å². The Bertz CT molecular complexity index is 632. The molecule has 23 heavy (non-hydrogen) atoms. The van der Waals surface area contributed by atoms with Crippen molar-refractivity contribution < 1.29 is 4.79 Å². The van der Waals surface area contributed by atoms with Gasteiger partial charge in [0, 0.05) is 19.0 Å². The first kappa shape index (κ1) is 16.7. The van der Waals surface area contributed by atoms with E-state index in [0.717, 1.165) is 43.6 Å². The monoisotopic (exact) mass is 349 g/mol. The van der Waals surface area contributed by atoms with Gasteiger partial charge in [-0.1, -0.05) is 12.1 Å². The lowest BCUT2D eigenvalue weighted by molar-refractivity contribution is -0.133. The van der Waals surface area contributed by atoms with Gasteiger partial charge in [0.15, 0.2) is 0 Å². The highest BCUT2D eigenvalue weighted by molar-refractivity contribution is 7.98. The van der Waals surface area contributed by atoms with Crippen molar-refractivity contribution in [2.24, 2.45) is 5.73 Å². The number of carbonyl (C=O) groups is 1. The van der Waals surface area contributed by atoms with Gasteiger partial charge >= 0.3 is 0 Å². The average molecular weight is 350 g/mol. The number of para-hydroxylation sites is 1. The second-order valence-corrected chi connectivity index (χ2v) is 8.06. The fourth-order valence-corrected chi connectivity index (χ4v) is 4.64. The topological polar surface area (TPSA) is 59.2 Å². The summed E-state index contributed by atoms with van der Waals surface area (Å²) in [5.41, 5.74) is 7.10. The summed E-state index contributed by atoms with van der Waals surface area (Å²) in [5.74, 6) is 1.52. The van der Waals surface area contributed by atoms with Gasteiger partial charge in [-0.25, -0.2) is 4.98 Å². The average Bonchev–Trinajstić information content (AvgIpc) is 3.03. The van der Waals surface area contributed by atoms with E-state index in [1.807, 2.05) is 17.2 Å². The molecule has 3 rings (SSSR count). The number of piperidine rings is 1. The largest absolute Gasteiger partial charge is 0.341 e. The molecule has 2 aromatic rings. The smallest absolute Gasteiger partial charge is 0.239 e. The molecule has 1 aliphatic rings. The number of nitrogens with zero attached hydrogens (tertiary/aromatic N) is 2. The van der Waals surface area contributed by atoms with Crippen LogP contribution in [-0.2, 0) is 4.79 Å². The van der Waals surface area contributed by atoms with Gasteiger partial charge in [-0.15, -0.1) is 11.3 Å².